The summed E-state index contributed by atoms with van der Waals surface area (Å²) in [6.45, 7) is 4.80. The maximum Gasteiger partial charge on any atom is 0.251 e. The van der Waals surface area contributed by atoms with Crippen LogP contribution in [0, 0.1) is 0 Å². The van der Waals surface area contributed by atoms with Crippen molar-refractivity contribution >= 4 is 11.8 Å². The first-order valence-corrected chi connectivity index (χ1v) is 14.3. The van der Waals surface area contributed by atoms with Crippen LogP contribution in [-0.4, -0.2) is 49.9 Å². The van der Waals surface area contributed by atoms with Crippen molar-refractivity contribution in [3.63, 3.8) is 0 Å². The van der Waals surface area contributed by atoms with Crippen LogP contribution in [0.15, 0.2) is 103 Å². The highest BCUT2D eigenvalue weighted by Crippen LogP contribution is 1.99. The maximum atomic E-state index is 12.0. The minimum Gasteiger partial charge on any atom is -0.355 e. The van der Waals surface area contributed by atoms with E-state index in [1.165, 1.54) is 0 Å². The van der Waals surface area contributed by atoms with Gasteiger partial charge in [-0.05, 0) is 64.1 Å². The van der Waals surface area contributed by atoms with Gasteiger partial charge in [0.05, 0.1) is 0 Å². The smallest absolute Gasteiger partial charge is 0.251 e. The Kier molecular flexibility index (Phi) is 21.4. The minimum absolute atomic E-state index is 0.0632. The Bertz CT molecular complexity index is 942. The second kappa shape index (κ2) is 24.9. The van der Waals surface area contributed by atoms with E-state index in [0.29, 0.717) is 25.1 Å². The van der Waals surface area contributed by atoms with Crippen LogP contribution < -0.4 is 10.6 Å². The number of hydrogen-bond donors (Lipinski definition) is 2. The van der Waals surface area contributed by atoms with Crippen LogP contribution in [0.2, 0.25) is 0 Å². The van der Waals surface area contributed by atoms with Crippen LogP contribution in [0.5, 0.6) is 0 Å². The third-order valence-electron chi connectivity index (χ3n) is 5.77. The number of allylic oxidation sites excluding steroid dienone is 12. The lowest BCUT2D eigenvalue weighted by atomic mass is 10.2. The molecule has 2 N–H and O–H groups in total. The van der Waals surface area contributed by atoms with Gasteiger partial charge in [-0.2, -0.15) is 0 Å². The number of rotatable bonds is 21. The van der Waals surface area contributed by atoms with Gasteiger partial charge in [-0.25, -0.2) is 0 Å². The third-order valence-corrected chi connectivity index (χ3v) is 5.77. The minimum atomic E-state index is -0.0632. The van der Waals surface area contributed by atoms with E-state index in [-0.39, 0.29) is 11.8 Å². The van der Waals surface area contributed by atoms with Crippen LogP contribution in [0.3, 0.4) is 0 Å². The van der Waals surface area contributed by atoms with Crippen molar-refractivity contribution < 1.29 is 9.59 Å². The quantitative estimate of drug-likeness (QED) is 0.169. The van der Waals surface area contributed by atoms with Crippen molar-refractivity contribution in [2.75, 3.05) is 33.2 Å². The lowest BCUT2D eigenvalue weighted by Crippen LogP contribution is -2.37. The second-order valence-corrected chi connectivity index (χ2v) is 9.23. The molecule has 5 nitrogen and oxygen atoms in total. The Balaban J connectivity index is 1.97. The number of carbonyl (C=O) groups excluding carboxylic acids is 2. The second-order valence-electron chi connectivity index (χ2n) is 9.23. The predicted octanol–water partition coefficient (Wildman–Crippen LogP) is 6.94. The molecule has 1 rings (SSSR count). The van der Waals surface area contributed by atoms with E-state index in [9.17, 15) is 9.59 Å². The summed E-state index contributed by atoms with van der Waals surface area (Å²) in [5.41, 5.74) is 0.666. The molecule has 0 aliphatic heterocycles. The van der Waals surface area contributed by atoms with Crippen molar-refractivity contribution in [2.45, 2.75) is 58.3 Å². The van der Waals surface area contributed by atoms with Crippen molar-refractivity contribution in [2.24, 2.45) is 0 Å². The summed E-state index contributed by atoms with van der Waals surface area (Å²) in [7, 11) is 1.98. The number of carbonyl (C=O) groups is 2. The highest BCUT2D eigenvalue weighted by atomic mass is 16.2. The van der Waals surface area contributed by atoms with E-state index >= 15 is 0 Å². The lowest BCUT2D eigenvalue weighted by molar-refractivity contribution is -0.121. The third kappa shape index (κ3) is 21.2. The zero-order chi connectivity index (χ0) is 28.2. The van der Waals surface area contributed by atoms with Gasteiger partial charge in [-0.15, -0.1) is 0 Å². The van der Waals surface area contributed by atoms with Gasteiger partial charge in [0.25, 0.3) is 5.91 Å². The Hall–Kier alpha value is -3.44. The number of benzene rings is 1. The predicted molar refractivity (Wildman–Crippen MR) is 167 cm³/mol. The van der Waals surface area contributed by atoms with E-state index in [4.69, 9.17) is 0 Å². The fraction of sp³-hybridized carbons (Fsp3) is 0.412. The van der Waals surface area contributed by atoms with Crippen LogP contribution in [0.4, 0.5) is 0 Å². The number of hydrogen-bond acceptors (Lipinski definition) is 3. The first kappa shape index (κ1) is 33.6. The van der Waals surface area contributed by atoms with Crippen molar-refractivity contribution in [3.8, 4) is 0 Å². The van der Waals surface area contributed by atoms with Gasteiger partial charge in [-0.3, -0.25) is 9.59 Å². The first-order valence-electron chi connectivity index (χ1n) is 14.3. The molecule has 0 spiro atoms. The first-order chi connectivity index (χ1) is 19.1. The topological polar surface area (TPSA) is 61.4 Å². The molecule has 212 valence electrons. The summed E-state index contributed by atoms with van der Waals surface area (Å²) < 4.78 is 0. The molecule has 2 amide bonds. The molecule has 0 fully saturated rings. The van der Waals surface area contributed by atoms with Crippen LogP contribution in [0.25, 0.3) is 0 Å². The molecule has 0 heterocycles. The van der Waals surface area contributed by atoms with Gasteiger partial charge in [0, 0.05) is 38.2 Å². The summed E-state index contributed by atoms with van der Waals surface area (Å²) in [4.78, 5) is 26.1. The number of nitrogens with one attached hydrogen (secondary N) is 2. The van der Waals surface area contributed by atoms with Crippen LogP contribution in [-0.2, 0) is 4.79 Å². The van der Waals surface area contributed by atoms with Gasteiger partial charge < -0.3 is 15.5 Å². The molecular weight excluding hydrogens is 482 g/mol. The molecule has 5 heteroatoms. The van der Waals surface area contributed by atoms with Gasteiger partial charge in [0.2, 0.25) is 5.91 Å². The normalized spacial score (nSPS) is 12.4. The summed E-state index contributed by atoms with van der Waals surface area (Å²) >= 11 is 0. The SMILES string of the molecule is CCC=CCC=CCC=CCC=CCC=CCC=CCCC(=O)NCCN(C)CCNC(=O)c1ccccc1. The Morgan fingerprint density at radius 3 is 1.64 bits per heavy atom. The highest BCUT2D eigenvalue weighted by Gasteiger charge is 2.05. The molecule has 39 heavy (non-hydrogen) atoms. The Morgan fingerprint density at radius 2 is 1.13 bits per heavy atom. The fourth-order valence-electron chi connectivity index (χ4n) is 3.49. The molecule has 1 aromatic carbocycles. The average Bonchev–Trinajstić information content (AvgIpc) is 2.94. The largest absolute Gasteiger partial charge is 0.355 e. The monoisotopic (exact) mass is 531 g/mol. The standard InChI is InChI=1S/C34H49N3O2/c1-3-4-5-6-7-8-9-10-11-12-13-14-15-16-17-18-19-20-24-27-33(38)35-28-30-37(2)31-29-36-34(39)32-25-22-21-23-26-32/h4-5,7-8,10-11,13-14,16-17,19-23,25-26H,3,6,9,12,15,18,24,27-31H2,1-2H3,(H,35,38)(H,36,39). The molecule has 0 saturated carbocycles. The Morgan fingerprint density at radius 1 is 0.667 bits per heavy atom. The molecule has 0 atom stereocenters. The summed E-state index contributed by atoms with van der Waals surface area (Å²) in [5, 5.41) is 5.88. The van der Waals surface area contributed by atoms with Gasteiger partial charge in [-0.1, -0.05) is 98.0 Å². The Labute approximate surface area is 237 Å². The summed E-state index contributed by atoms with van der Waals surface area (Å²) in [5.74, 6) is 0.00649. The molecule has 0 aromatic heterocycles. The van der Waals surface area contributed by atoms with E-state index in [1.54, 1.807) is 12.1 Å². The van der Waals surface area contributed by atoms with Crippen LogP contribution >= 0.6 is 0 Å². The number of nitrogens with zero attached hydrogens (tertiary/aromatic N) is 1. The number of amides is 2. The molecule has 0 aliphatic carbocycles. The van der Waals surface area contributed by atoms with Crippen molar-refractivity contribution in [1.29, 1.82) is 0 Å². The molecule has 0 aliphatic rings. The van der Waals surface area contributed by atoms with Crippen molar-refractivity contribution in [1.82, 2.24) is 15.5 Å². The van der Waals surface area contributed by atoms with Gasteiger partial charge in [0.15, 0.2) is 0 Å². The molecule has 0 radical (unpaired) electrons. The fourth-order valence-corrected chi connectivity index (χ4v) is 3.49. The van der Waals surface area contributed by atoms with E-state index in [1.807, 2.05) is 25.2 Å². The maximum absolute atomic E-state index is 12.0. The number of likely N-dealkylation sites (N-methyl/N-ethyl adjacent to an activating group) is 1. The van der Waals surface area contributed by atoms with E-state index in [2.05, 4.69) is 95.4 Å². The van der Waals surface area contributed by atoms with E-state index < -0.39 is 0 Å². The van der Waals surface area contributed by atoms with Crippen LogP contribution in [0.1, 0.15) is 68.6 Å². The van der Waals surface area contributed by atoms with Crippen molar-refractivity contribution in [3.05, 3.63) is 109 Å². The molecule has 0 saturated heterocycles. The van der Waals surface area contributed by atoms with Gasteiger partial charge in [0.1, 0.15) is 0 Å². The molecule has 1 aromatic rings. The molecule has 0 unspecified atom stereocenters. The summed E-state index contributed by atoms with van der Waals surface area (Å²) in [6.07, 6.45) is 33.3. The zero-order valence-electron chi connectivity index (χ0n) is 24.1. The highest BCUT2D eigenvalue weighted by molar-refractivity contribution is 5.94. The molecule has 0 bridgehead atoms. The average molecular weight is 532 g/mol. The zero-order valence-corrected chi connectivity index (χ0v) is 24.1. The molecular formula is C34H49N3O2. The lowest BCUT2D eigenvalue weighted by Gasteiger charge is -2.17. The summed E-state index contributed by atoms with van der Waals surface area (Å²) in [6, 6.07) is 9.20. The van der Waals surface area contributed by atoms with Gasteiger partial charge >= 0.3 is 0 Å². The van der Waals surface area contributed by atoms with E-state index in [0.717, 1.165) is 58.0 Å².